The van der Waals surface area contributed by atoms with E-state index < -0.39 is 114 Å². The van der Waals surface area contributed by atoms with Crippen LogP contribution in [-0.2, 0) is 56.6 Å². The van der Waals surface area contributed by atoms with Crippen LogP contribution in [0.2, 0.25) is 58.4 Å². The van der Waals surface area contributed by atoms with Crippen molar-refractivity contribution in [3.63, 3.8) is 0 Å². The third kappa shape index (κ3) is 13.4. The monoisotopic (exact) mass is 752 g/mol. The van der Waals surface area contributed by atoms with E-state index in [1.165, 1.54) is 6.55 Å². The predicted molar refractivity (Wildman–Crippen MR) is 153 cm³/mol. The Morgan fingerprint density at radius 3 is 1.43 bits per heavy atom. The van der Waals surface area contributed by atoms with Crippen LogP contribution in [0.15, 0.2) is 0 Å². The van der Waals surface area contributed by atoms with Gasteiger partial charge in [-0.25, -0.2) is 0 Å². The van der Waals surface area contributed by atoms with Crippen molar-refractivity contribution < 1.29 is 56.6 Å². The van der Waals surface area contributed by atoms with Gasteiger partial charge in [0.2, 0.25) is 8.56 Å². The molecule has 37 heavy (non-hydrogen) atoms. The van der Waals surface area contributed by atoms with Gasteiger partial charge >= 0.3 is 78.8 Å². The van der Waals surface area contributed by atoms with E-state index in [0.717, 1.165) is 0 Å². The maximum absolute atomic E-state index is 12.6. The normalized spacial score (nSPS) is 14.4. The lowest BCUT2D eigenvalue weighted by molar-refractivity contribution is 0.370. The quantitative estimate of drug-likeness (QED) is 0.142. The summed E-state index contributed by atoms with van der Waals surface area (Å²) < 4.78 is 135. The molecule has 0 aromatic carbocycles. The Morgan fingerprint density at radius 1 is 0.649 bits per heavy atom. The molecule has 0 aliphatic carbocycles. The lowest BCUT2D eigenvalue weighted by Gasteiger charge is -2.32. The molecule has 0 aliphatic heterocycles. The second kappa shape index (κ2) is 15.8. The minimum atomic E-state index is -3.83. The molecule has 0 rings (SSSR count). The van der Waals surface area contributed by atoms with Crippen molar-refractivity contribution in [2.75, 3.05) is 0 Å². The summed E-state index contributed by atoms with van der Waals surface area (Å²) >= 11 is 0. The molecule has 0 radical (unpaired) electrons. The molecule has 0 heterocycles. The Morgan fingerprint density at radius 2 is 1.05 bits per heavy atom. The van der Waals surface area contributed by atoms with Crippen molar-refractivity contribution in [3.05, 3.63) is 0 Å². The third-order valence-electron chi connectivity index (χ3n) is 4.30. The first-order valence-corrected chi connectivity index (χ1v) is 45.6. The van der Waals surface area contributed by atoms with Crippen LogP contribution in [-0.4, -0.2) is 114 Å². The molecule has 2 atom stereocenters. The first kappa shape index (κ1) is 37.9. The van der Waals surface area contributed by atoms with Gasteiger partial charge in [-0.1, -0.05) is 6.92 Å². The molecule has 0 saturated carbocycles. The molecule has 0 saturated heterocycles. The second-order valence-electron chi connectivity index (χ2n) is 9.94. The SMILES string of the molecule is CC[Si](C)(O[Si](=O)[Si](=O)[Si](=O)[Si](=O)[Si](=O)[Si](=O)[Si](=O)[Si](=O)[Si](=O)[SiH](C)O[SiH2]O[Si](C)(C)C)O[Si](C)(C)C. The lowest BCUT2D eigenvalue weighted by atomic mass is 11.0. The molecule has 0 aromatic rings. The molecule has 0 N–H and O–H groups in total. The van der Waals surface area contributed by atoms with Crippen LogP contribution in [0, 0.1) is 0 Å². The van der Waals surface area contributed by atoms with Crippen LogP contribution >= 0.6 is 0 Å². The molecule has 0 spiro atoms. The Labute approximate surface area is 234 Å². The van der Waals surface area contributed by atoms with Gasteiger partial charge in [-0.05, 0) is 58.4 Å². The van der Waals surface area contributed by atoms with Crippen LogP contribution in [0.5, 0.6) is 0 Å². The maximum Gasteiger partial charge on any atom is 0.533 e. The van der Waals surface area contributed by atoms with Crippen molar-refractivity contribution in [2.24, 2.45) is 0 Å². The zero-order valence-corrected chi connectivity index (χ0v) is 36.9. The molecule has 0 amide bonds. The standard InChI is InChI=1S/C10H32O13Si14/c1-10-37(9,23-36(6,7)8)22-26(11)28(13)30(15)32(17)34(19)33(18)31(16)29(14)27(12)25(2)20-24-21-35(3,4)5/h25H,10,24H2,1-9H3. The molecule has 0 fully saturated rings. The highest BCUT2D eigenvalue weighted by atomic mass is 30.1. The topological polar surface area (TPSA) is 191 Å². The van der Waals surface area contributed by atoms with Crippen molar-refractivity contribution >= 4 is 114 Å². The fourth-order valence-electron chi connectivity index (χ4n) is 2.35. The van der Waals surface area contributed by atoms with Crippen molar-refractivity contribution in [2.45, 2.75) is 65.3 Å². The van der Waals surface area contributed by atoms with E-state index in [1.54, 1.807) is 13.5 Å². The summed E-state index contributed by atoms with van der Waals surface area (Å²) in [5, 5.41) is 0. The molecule has 27 heteroatoms. The zero-order valence-electron chi connectivity index (χ0n) is 22.3. The smallest absolute Gasteiger partial charge is 0.533 e. The van der Waals surface area contributed by atoms with E-state index in [4.69, 9.17) is 16.5 Å². The van der Waals surface area contributed by atoms with Gasteiger partial charge in [-0.2, -0.15) is 0 Å². The average molecular weight is 754 g/mol. The van der Waals surface area contributed by atoms with Crippen LogP contribution < -0.4 is 0 Å². The summed E-state index contributed by atoms with van der Waals surface area (Å²) in [7, 11) is -43.5. The fourth-order valence-corrected chi connectivity index (χ4v) is 113. The van der Waals surface area contributed by atoms with Gasteiger partial charge in [0.15, 0.2) is 16.6 Å². The molecular formula is C10H32O13Si14. The van der Waals surface area contributed by atoms with E-state index in [0.29, 0.717) is 6.04 Å². The number of rotatable bonds is 18. The van der Waals surface area contributed by atoms with Crippen molar-refractivity contribution in [1.29, 1.82) is 0 Å². The van der Waals surface area contributed by atoms with Crippen molar-refractivity contribution in [3.8, 4) is 0 Å². The summed E-state index contributed by atoms with van der Waals surface area (Å²) in [5.41, 5.74) is 0. The Bertz CT molecular complexity index is 1030. The molecule has 0 aliphatic rings. The predicted octanol–water partition coefficient (Wildman–Crippen LogP) is -1.83. The molecule has 2 unspecified atom stereocenters. The van der Waals surface area contributed by atoms with Crippen LogP contribution in [0.1, 0.15) is 6.92 Å². The Balaban J connectivity index is 5.32. The minimum absolute atomic E-state index is 0.358. The Hall–Kier alpha value is 0.916. The zero-order chi connectivity index (χ0) is 29.5. The molecule has 0 bridgehead atoms. The summed E-state index contributed by atoms with van der Waals surface area (Å²) in [6.07, 6.45) is 0. The highest BCUT2D eigenvalue weighted by Gasteiger charge is 2.52. The highest BCUT2D eigenvalue weighted by molar-refractivity contribution is 7.76. The average Bonchev–Trinajstić information content (AvgIpc) is 2.77. The summed E-state index contributed by atoms with van der Waals surface area (Å²) in [4.78, 5) is 0. The van der Waals surface area contributed by atoms with Crippen LogP contribution in [0.4, 0.5) is 0 Å². The van der Waals surface area contributed by atoms with Gasteiger partial charge in [-0.15, -0.1) is 0 Å². The maximum atomic E-state index is 12.6. The van der Waals surface area contributed by atoms with Gasteiger partial charge in [0.1, 0.15) is 0 Å². The Kier molecular flexibility index (Phi) is 16.2. The highest BCUT2D eigenvalue weighted by Crippen LogP contribution is 2.19. The van der Waals surface area contributed by atoms with Gasteiger partial charge in [0, 0.05) is 0 Å². The van der Waals surface area contributed by atoms with Gasteiger partial charge in [0.05, 0.1) is 0 Å². The largest absolute Gasteiger partial charge is 0.558 e. The summed E-state index contributed by atoms with van der Waals surface area (Å²) in [6, 6.07) is 0.358. The molecule has 13 nitrogen and oxygen atoms in total. The van der Waals surface area contributed by atoms with Crippen LogP contribution in [0.25, 0.3) is 0 Å². The van der Waals surface area contributed by atoms with E-state index in [-0.39, 0.29) is 0 Å². The molecular weight excluding hydrogens is 721 g/mol. The molecule has 206 valence electrons. The first-order valence-electron chi connectivity index (χ1n) is 11.1. The van der Waals surface area contributed by atoms with E-state index >= 15 is 0 Å². The fraction of sp³-hybridized carbons (Fsp3) is 1.00. The molecule has 0 aromatic heterocycles. The lowest BCUT2D eigenvalue weighted by Crippen LogP contribution is -2.55. The van der Waals surface area contributed by atoms with E-state index in [9.17, 15) is 40.2 Å². The van der Waals surface area contributed by atoms with Gasteiger partial charge in [-0.3, -0.25) is 0 Å². The van der Waals surface area contributed by atoms with Gasteiger partial charge in [0.25, 0.3) is 10.0 Å². The van der Waals surface area contributed by atoms with E-state index in [2.05, 4.69) is 0 Å². The summed E-state index contributed by atoms with van der Waals surface area (Å²) in [5.74, 6) is 0. The second-order valence-corrected chi connectivity index (χ2v) is 70.9. The summed E-state index contributed by atoms with van der Waals surface area (Å²) in [6.45, 7) is 16.3. The minimum Gasteiger partial charge on any atom is -0.558 e. The number of hydrogen-bond donors (Lipinski definition) is 0. The van der Waals surface area contributed by atoms with Crippen LogP contribution in [0.3, 0.4) is 0 Å². The third-order valence-corrected chi connectivity index (χ3v) is 87.9. The van der Waals surface area contributed by atoms with E-state index in [1.807, 2.05) is 39.3 Å². The first-order chi connectivity index (χ1) is 16.6. The number of hydrogen-bond acceptors (Lipinski definition) is 13. The van der Waals surface area contributed by atoms with Crippen molar-refractivity contribution in [1.82, 2.24) is 0 Å². The van der Waals surface area contributed by atoms with Gasteiger partial charge < -0.3 is 56.6 Å².